The molecule has 0 spiro atoms. The summed E-state index contributed by atoms with van der Waals surface area (Å²) in [5, 5.41) is 0. The largest absolute Gasteiger partial charge is 0.478 e. The van der Waals surface area contributed by atoms with E-state index < -0.39 is 11.6 Å². The van der Waals surface area contributed by atoms with Crippen LogP contribution in [0.4, 0.5) is 14.6 Å². The first-order chi connectivity index (χ1) is 8.11. The maximum atomic E-state index is 13.0. The second kappa shape index (κ2) is 4.32. The monoisotopic (exact) mass is 237 g/mol. The SMILES string of the molecule is COc1nc(-c2ccc(F)c(F)c2)cnc1N. The molecule has 0 fully saturated rings. The first kappa shape index (κ1) is 11.3. The van der Waals surface area contributed by atoms with Crippen LogP contribution >= 0.6 is 0 Å². The fraction of sp³-hybridized carbons (Fsp3) is 0.0909. The van der Waals surface area contributed by atoms with Crippen LogP contribution in [0.1, 0.15) is 0 Å². The molecule has 0 unspecified atom stereocenters. The number of rotatable bonds is 2. The molecule has 0 aliphatic heterocycles. The minimum Gasteiger partial charge on any atom is -0.478 e. The highest BCUT2D eigenvalue weighted by atomic mass is 19.2. The normalized spacial score (nSPS) is 10.3. The molecular formula is C11H9F2N3O. The summed E-state index contributed by atoms with van der Waals surface area (Å²) in [6, 6.07) is 3.46. The molecule has 1 aromatic heterocycles. The topological polar surface area (TPSA) is 61.0 Å². The van der Waals surface area contributed by atoms with Gasteiger partial charge in [-0.1, -0.05) is 0 Å². The smallest absolute Gasteiger partial charge is 0.257 e. The van der Waals surface area contributed by atoms with Gasteiger partial charge in [-0.25, -0.2) is 18.7 Å². The van der Waals surface area contributed by atoms with Gasteiger partial charge in [-0.3, -0.25) is 0 Å². The van der Waals surface area contributed by atoms with Crippen LogP contribution in [0.25, 0.3) is 11.3 Å². The maximum Gasteiger partial charge on any atom is 0.257 e. The molecule has 0 aliphatic rings. The van der Waals surface area contributed by atoms with E-state index in [-0.39, 0.29) is 11.7 Å². The number of methoxy groups -OCH3 is 1. The molecule has 0 saturated heterocycles. The zero-order chi connectivity index (χ0) is 12.4. The molecule has 6 heteroatoms. The number of nitrogens with two attached hydrogens (primary N) is 1. The van der Waals surface area contributed by atoms with E-state index in [4.69, 9.17) is 10.5 Å². The molecule has 88 valence electrons. The summed E-state index contributed by atoms with van der Waals surface area (Å²) in [6.45, 7) is 0. The van der Waals surface area contributed by atoms with E-state index in [1.165, 1.54) is 19.4 Å². The van der Waals surface area contributed by atoms with Crippen LogP contribution in [0.3, 0.4) is 0 Å². The van der Waals surface area contributed by atoms with Crippen molar-refractivity contribution in [1.29, 1.82) is 0 Å². The molecule has 0 amide bonds. The van der Waals surface area contributed by atoms with Crippen molar-refractivity contribution in [3.63, 3.8) is 0 Å². The van der Waals surface area contributed by atoms with Gasteiger partial charge in [-0.05, 0) is 18.2 Å². The summed E-state index contributed by atoms with van der Waals surface area (Å²) in [4.78, 5) is 7.89. The maximum absolute atomic E-state index is 13.0. The average molecular weight is 237 g/mol. The van der Waals surface area contributed by atoms with Crippen LogP contribution in [0.2, 0.25) is 0 Å². The molecule has 0 radical (unpaired) electrons. The summed E-state index contributed by atoms with van der Waals surface area (Å²) in [7, 11) is 1.40. The highest BCUT2D eigenvalue weighted by molar-refractivity contribution is 5.60. The average Bonchev–Trinajstić information content (AvgIpc) is 2.33. The van der Waals surface area contributed by atoms with Crippen molar-refractivity contribution < 1.29 is 13.5 Å². The van der Waals surface area contributed by atoms with Gasteiger partial charge in [0.15, 0.2) is 17.5 Å². The number of hydrogen-bond donors (Lipinski definition) is 1. The third-order valence-electron chi connectivity index (χ3n) is 2.18. The Hall–Kier alpha value is -2.24. The predicted molar refractivity (Wildman–Crippen MR) is 58.3 cm³/mol. The van der Waals surface area contributed by atoms with E-state index in [1.54, 1.807) is 0 Å². The number of halogens is 2. The van der Waals surface area contributed by atoms with Crippen molar-refractivity contribution in [1.82, 2.24) is 9.97 Å². The standard InChI is InChI=1S/C11H9F2N3O/c1-17-11-10(14)15-5-9(16-11)6-2-3-7(12)8(13)4-6/h2-5H,1H3,(H2,14,15). The Morgan fingerprint density at radius 3 is 2.65 bits per heavy atom. The third-order valence-corrected chi connectivity index (χ3v) is 2.18. The Morgan fingerprint density at radius 2 is 2.00 bits per heavy atom. The van der Waals surface area contributed by atoms with Gasteiger partial charge >= 0.3 is 0 Å². The van der Waals surface area contributed by atoms with Crippen LogP contribution in [0.15, 0.2) is 24.4 Å². The van der Waals surface area contributed by atoms with Gasteiger partial charge in [-0.2, -0.15) is 0 Å². The molecule has 17 heavy (non-hydrogen) atoms. The Labute approximate surface area is 96.1 Å². The number of hydrogen-bond acceptors (Lipinski definition) is 4. The minimum atomic E-state index is -0.944. The molecule has 1 aromatic carbocycles. The molecule has 2 rings (SSSR count). The highest BCUT2D eigenvalue weighted by Gasteiger charge is 2.09. The number of benzene rings is 1. The second-order valence-corrected chi connectivity index (χ2v) is 3.28. The molecule has 4 nitrogen and oxygen atoms in total. The van der Waals surface area contributed by atoms with Gasteiger partial charge in [0, 0.05) is 5.56 Å². The van der Waals surface area contributed by atoms with Crippen LogP contribution in [-0.2, 0) is 0 Å². The number of nitrogens with zero attached hydrogens (tertiary/aromatic N) is 2. The van der Waals surface area contributed by atoms with E-state index in [1.807, 2.05) is 0 Å². The Balaban J connectivity index is 2.49. The van der Waals surface area contributed by atoms with Crippen molar-refractivity contribution >= 4 is 5.82 Å². The van der Waals surface area contributed by atoms with Crippen molar-refractivity contribution in [3.05, 3.63) is 36.0 Å². The van der Waals surface area contributed by atoms with Crippen LogP contribution in [0.5, 0.6) is 5.88 Å². The van der Waals surface area contributed by atoms with E-state index in [0.717, 1.165) is 12.1 Å². The van der Waals surface area contributed by atoms with Crippen LogP contribution in [-0.4, -0.2) is 17.1 Å². The molecular weight excluding hydrogens is 228 g/mol. The predicted octanol–water partition coefficient (Wildman–Crippen LogP) is 2.01. The fourth-order valence-corrected chi connectivity index (χ4v) is 1.33. The Bertz CT molecular complexity index is 560. The van der Waals surface area contributed by atoms with E-state index in [2.05, 4.69) is 9.97 Å². The van der Waals surface area contributed by atoms with E-state index in [9.17, 15) is 8.78 Å². The molecule has 0 atom stereocenters. The van der Waals surface area contributed by atoms with E-state index in [0.29, 0.717) is 11.3 Å². The number of aromatic nitrogens is 2. The van der Waals surface area contributed by atoms with E-state index >= 15 is 0 Å². The lowest BCUT2D eigenvalue weighted by Crippen LogP contribution is -1.99. The minimum absolute atomic E-state index is 0.138. The molecule has 1 heterocycles. The van der Waals surface area contributed by atoms with Gasteiger partial charge < -0.3 is 10.5 Å². The third kappa shape index (κ3) is 2.15. The fourth-order valence-electron chi connectivity index (χ4n) is 1.33. The lowest BCUT2D eigenvalue weighted by atomic mass is 10.1. The lowest BCUT2D eigenvalue weighted by molar-refractivity contribution is 0.399. The number of nitrogen functional groups attached to an aromatic ring is 1. The Morgan fingerprint density at radius 1 is 1.24 bits per heavy atom. The summed E-state index contributed by atoms with van der Waals surface area (Å²) in [5.74, 6) is -1.57. The Kier molecular flexibility index (Phi) is 2.86. The first-order valence-electron chi connectivity index (χ1n) is 4.73. The molecule has 0 saturated carbocycles. The lowest BCUT2D eigenvalue weighted by Gasteiger charge is -2.05. The summed E-state index contributed by atoms with van der Waals surface area (Å²) in [5.41, 5.74) is 6.25. The van der Waals surface area contributed by atoms with Gasteiger partial charge in [-0.15, -0.1) is 0 Å². The van der Waals surface area contributed by atoms with Crippen molar-refractivity contribution in [2.75, 3.05) is 12.8 Å². The molecule has 0 bridgehead atoms. The molecule has 2 aromatic rings. The van der Waals surface area contributed by atoms with Crippen LogP contribution in [0, 0.1) is 11.6 Å². The molecule has 2 N–H and O–H groups in total. The van der Waals surface area contributed by atoms with Crippen molar-refractivity contribution in [3.8, 4) is 17.1 Å². The summed E-state index contributed by atoms with van der Waals surface area (Å²) in [6.07, 6.45) is 1.37. The van der Waals surface area contributed by atoms with Crippen molar-refractivity contribution in [2.24, 2.45) is 0 Å². The van der Waals surface area contributed by atoms with Gasteiger partial charge in [0.2, 0.25) is 0 Å². The zero-order valence-electron chi connectivity index (χ0n) is 8.95. The van der Waals surface area contributed by atoms with Gasteiger partial charge in [0.05, 0.1) is 19.0 Å². The van der Waals surface area contributed by atoms with Crippen molar-refractivity contribution in [2.45, 2.75) is 0 Å². The molecule has 0 aliphatic carbocycles. The zero-order valence-corrected chi connectivity index (χ0v) is 8.95. The number of ether oxygens (including phenoxy) is 1. The highest BCUT2D eigenvalue weighted by Crippen LogP contribution is 2.23. The quantitative estimate of drug-likeness (QED) is 0.867. The summed E-state index contributed by atoms with van der Waals surface area (Å²) < 4.78 is 30.7. The van der Waals surface area contributed by atoms with Gasteiger partial charge in [0.1, 0.15) is 0 Å². The summed E-state index contributed by atoms with van der Waals surface area (Å²) >= 11 is 0. The first-order valence-corrected chi connectivity index (χ1v) is 4.73. The number of anilines is 1. The van der Waals surface area contributed by atoms with Gasteiger partial charge in [0.25, 0.3) is 5.88 Å². The van der Waals surface area contributed by atoms with Crippen LogP contribution < -0.4 is 10.5 Å². The second-order valence-electron chi connectivity index (χ2n) is 3.28.